The van der Waals surface area contributed by atoms with Gasteiger partial charge in [0.15, 0.2) is 5.75 Å². The predicted octanol–water partition coefficient (Wildman–Crippen LogP) is 2.49. The third kappa shape index (κ3) is 3.92. The summed E-state index contributed by atoms with van der Waals surface area (Å²) in [5.74, 6) is -1.03. The maximum atomic E-state index is 10.7. The van der Waals surface area contributed by atoms with Gasteiger partial charge in [-0.3, -0.25) is 14.9 Å². The number of benzene rings is 1. The first kappa shape index (κ1) is 13.2. The molecule has 0 saturated carbocycles. The van der Waals surface area contributed by atoms with E-state index in [4.69, 9.17) is 21.4 Å². The zero-order chi connectivity index (χ0) is 13.0. The zero-order valence-corrected chi connectivity index (χ0v) is 9.68. The van der Waals surface area contributed by atoms with Gasteiger partial charge in [0.1, 0.15) is 6.10 Å². The Balaban J connectivity index is 2.90. The third-order valence-corrected chi connectivity index (χ3v) is 2.14. The highest BCUT2D eigenvalue weighted by Crippen LogP contribution is 2.30. The van der Waals surface area contributed by atoms with E-state index >= 15 is 0 Å². The van der Waals surface area contributed by atoms with Crippen molar-refractivity contribution in [1.29, 1.82) is 0 Å². The Hall–Kier alpha value is -1.82. The standard InChI is InChI=1S/C10H10ClNO5/c1-6(4-10(13)14)17-9-3-2-7(11)5-8(9)12(15)16/h2-3,5-6H,4H2,1H3,(H,13,14)/t6-/m0/s1. The van der Waals surface area contributed by atoms with Crippen molar-refractivity contribution in [2.45, 2.75) is 19.4 Å². The van der Waals surface area contributed by atoms with Crippen LogP contribution in [0.5, 0.6) is 5.75 Å². The van der Waals surface area contributed by atoms with Crippen LogP contribution in [0.3, 0.4) is 0 Å². The van der Waals surface area contributed by atoms with Crippen LogP contribution in [0.4, 0.5) is 5.69 Å². The molecule has 17 heavy (non-hydrogen) atoms. The van der Waals surface area contributed by atoms with Crippen LogP contribution in [0.25, 0.3) is 0 Å². The van der Waals surface area contributed by atoms with Crippen molar-refractivity contribution in [1.82, 2.24) is 0 Å². The average Bonchev–Trinajstić information content (AvgIpc) is 2.19. The van der Waals surface area contributed by atoms with Crippen molar-refractivity contribution >= 4 is 23.3 Å². The molecule has 0 aromatic heterocycles. The van der Waals surface area contributed by atoms with Gasteiger partial charge in [0.25, 0.3) is 0 Å². The Kier molecular flexibility index (Phi) is 4.28. The zero-order valence-electron chi connectivity index (χ0n) is 8.92. The Morgan fingerprint density at radius 1 is 1.65 bits per heavy atom. The first-order valence-corrected chi connectivity index (χ1v) is 5.10. The van der Waals surface area contributed by atoms with Gasteiger partial charge in [0.05, 0.1) is 11.3 Å². The van der Waals surface area contributed by atoms with Crippen molar-refractivity contribution in [3.63, 3.8) is 0 Å². The smallest absolute Gasteiger partial charge is 0.312 e. The topological polar surface area (TPSA) is 89.7 Å². The Morgan fingerprint density at radius 3 is 2.82 bits per heavy atom. The molecule has 0 radical (unpaired) electrons. The number of carboxylic acid groups (broad SMARTS) is 1. The van der Waals surface area contributed by atoms with Crippen molar-refractivity contribution < 1.29 is 19.6 Å². The number of nitro groups is 1. The molecule has 1 N–H and O–H groups in total. The van der Waals surface area contributed by atoms with Gasteiger partial charge < -0.3 is 9.84 Å². The van der Waals surface area contributed by atoms with Gasteiger partial charge in [-0.25, -0.2) is 0 Å². The fraction of sp³-hybridized carbons (Fsp3) is 0.300. The second-order valence-electron chi connectivity index (χ2n) is 3.40. The van der Waals surface area contributed by atoms with Crippen molar-refractivity contribution in [2.75, 3.05) is 0 Å². The number of nitrogens with zero attached hydrogens (tertiary/aromatic N) is 1. The minimum absolute atomic E-state index is 0.00755. The van der Waals surface area contributed by atoms with Gasteiger partial charge in [-0.2, -0.15) is 0 Å². The van der Waals surface area contributed by atoms with Crippen LogP contribution >= 0.6 is 11.6 Å². The molecular weight excluding hydrogens is 250 g/mol. The number of hydrogen-bond donors (Lipinski definition) is 1. The second-order valence-corrected chi connectivity index (χ2v) is 3.83. The van der Waals surface area contributed by atoms with Gasteiger partial charge in [0, 0.05) is 11.1 Å². The highest BCUT2D eigenvalue weighted by atomic mass is 35.5. The van der Waals surface area contributed by atoms with Crippen LogP contribution in [0.15, 0.2) is 18.2 Å². The average molecular weight is 260 g/mol. The van der Waals surface area contributed by atoms with Gasteiger partial charge in [-0.1, -0.05) is 11.6 Å². The molecule has 7 heteroatoms. The monoisotopic (exact) mass is 259 g/mol. The normalized spacial score (nSPS) is 11.9. The number of carbonyl (C=O) groups is 1. The van der Waals surface area contributed by atoms with E-state index in [2.05, 4.69) is 0 Å². The summed E-state index contributed by atoms with van der Waals surface area (Å²) in [6, 6.07) is 3.95. The summed E-state index contributed by atoms with van der Waals surface area (Å²) >= 11 is 5.63. The molecule has 0 saturated heterocycles. The number of halogens is 1. The summed E-state index contributed by atoms with van der Waals surface area (Å²) in [6.45, 7) is 1.52. The molecule has 1 atom stereocenters. The van der Waals surface area contributed by atoms with E-state index in [1.807, 2.05) is 0 Å². The Morgan fingerprint density at radius 2 is 2.29 bits per heavy atom. The van der Waals surface area contributed by atoms with E-state index in [0.29, 0.717) is 0 Å². The summed E-state index contributed by atoms with van der Waals surface area (Å²) in [5.41, 5.74) is -0.283. The molecule has 1 aromatic rings. The Bertz CT molecular complexity index is 448. The van der Waals surface area contributed by atoms with Gasteiger partial charge in [-0.15, -0.1) is 0 Å². The SMILES string of the molecule is C[C@@H](CC(=O)O)Oc1ccc(Cl)cc1[N+](=O)[O-]. The molecule has 0 heterocycles. The maximum absolute atomic E-state index is 10.7. The number of aliphatic carboxylic acids is 1. The highest BCUT2D eigenvalue weighted by molar-refractivity contribution is 6.30. The van der Waals surface area contributed by atoms with E-state index in [1.54, 1.807) is 0 Å². The molecule has 0 aliphatic rings. The summed E-state index contributed by atoms with van der Waals surface area (Å²) < 4.78 is 5.19. The van der Waals surface area contributed by atoms with Crippen LogP contribution in [0.1, 0.15) is 13.3 Å². The molecule has 0 fully saturated rings. The maximum Gasteiger partial charge on any atom is 0.312 e. The largest absolute Gasteiger partial charge is 0.483 e. The fourth-order valence-electron chi connectivity index (χ4n) is 1.24. The minimum Gasteiger partial charge on any atom is -0.483 e. The molecule has 0 amide bonds. The summed E-state index contributed by atoms with van der Waals surface area (Å²) in [4.78, 5) is 20.5. The molecule has 1 rings (SSSR count). The van der Waals surface area contributed by atoms with Gasteiger partial charge in [0.2, 0.25) is 0 Å². The van der Waals surface area contributed by atoms with E-state index in [1.165, 1.54) is 19.1 Å². The molecular formula is C10H10ClNO5. The number of hydrogen-bond acceptors (Lipinski definition) is 4. The van der Waals surface area contributed by atoms with E-state index in [0.717, 1.165) is 6.07 Å². The molecule has 0 bridgehead atoms. The van der Waals surface area contributed by atoms with Crippen LogP contribution in [0.2, 0.25) is 5.02 Å². The minimum atomic E-state index is -1.03. The molecule has 0 aliphatic carbocycles. The van der Waals surface area contributed by atoms with E-state index in [9.17, 15) is 14.9 Å². The second kappa shape index (κ2) is 5.49. The van der Waals surface area contributed by atoms with Crippen LogP contribution < -0.4 is 4.74 Å². The van der Waals surface area contributed by atoms with Gasteiger partial charge in [-0.05, 0) is 19.1 Å². The highest BCUT2D eigenvalue weighted by Gasteiger charge is 2.18. The first-order chi connectivity index (χ1) is 7.90. The molecule has 6 nitrogen and oxygen atoms in total. The fourth-order valence-corrected chi connectivity index (χ4v) is 1.40. The van der Waals surface area contributed by atoms with Crippen LogP contribution in [0, 0.1) is 10.1 Å². The summed E-state index contributed by atoms with van der Waals surface area (Å²) in [5, 5.41) is 19.5. The summed E-state index contributed by atoms with van der Waals surface area (Å²) in [7, 11) is 0. The van der Waals surface area contributed by atoms with Crippen molar-refractivity contribution in [3.8, 4) is 5.75 Å². The van der Waals surface area contributed by atoms with E-state index in [-0.39, 0.29) is 22.9 Å². The van der Waals surface area contributed by atoms with Crippen LogP contribution in [-0.2, 0) is 4.79 Å². The number of rotatable bonds is 5. The van der Waals surface area contributed by atoms with Crippen LogP contribution in [-0.4, -0.2) is 22.1 Å². The predicted molar refractivity (Wildman–Crippen MR) is 60.4 cm³/mol. The quantitative estimate of drug-likeness (QED) is 0.648. The first-order valence-electron chi connectivity index (χ1n) is 4.72. The third-order valence-electron chi connectivity index (χ3n) is 1.91. The molecule has 0 unspecified atom stereocenters. The molecule has 1 aromatic carbocycles. The van der Waals surface area contributed by atoms with Gasteiger partial charge >= 0.3 is 11.7 Å². The number of ether oxygens (including phenoxy) is 1. The lowest BCUT2D eigenvalue weighted by molar-refractivity contribution is -0.386. The number of nitro benzene ring substituents is 1. The lowest BCUT2D eigenvalue weighted by Crippen LogP contribution is -2.17. The molecule has 92 valence electrons. The lowest BCUT2D eigenvalue weighted by Gasteiger charge is -2.12. The molecule has 0 aliphatic heterocycles. The summed E-state index contributed by atoms with van der Waals surface area (Å²) in [6.07, 6.45) is -0.896. The van der Waals surface area contributed by atoms with Crippen molar-refractivity contribution in [3.05, 3.63) is 33.3 Å². The number of carboxylic acids is 1. The van der Waals surface area contributed by atoms with E-state index < -0.39 is 17.0 Å². The molecule has 0 spiro atoms. The lowest BCUT2D eigenvalue weighted by atomic mass is 10.2. The Labute approximate surface area is 102 Å². The van der Waals surface area contributed by atoms with Crippen molar-refractivity contribution in [2.24, 2.45) is 0 Å².